The van der Waals surface area contributed by atoms with Crippen molar-refractivity contribution in [1.29, 1.82) is 0 Å². The third kappa shape index (κ3) is 6.12. The van der Waals surface area contributed by atoms with Gasteiger partial charge in [0.15, 0.2) is 15.6 Å². The fraction of sp³-hybridized carbons (Fsp3) is 0.476. The van der Waals surface area contributed by atoms with Crippen LogP contribution in [0.25, 0.3) is 0 Å². The highest BCUT2D eigenvalue weighted by Gasteiger charge is 2.33. The molecule has 6 nitrogen and oxygen atoms in total. The Morgan fingerprint density at radius 2 is 2.17 bits per heavy atom. The van der Waals surface area contributed by atoms with Crippen molar-refractivity contribution >= 4 is 27.0 Å². The van der Waals surface area contributed by atoms with Crippen molar-refractivity contribution in [2.24, 2.45) is 0 Å². The van der Waals surface area contributed by atoms with E-state index in [9.17, 15) is 18.3 Å². The molecule has 29 heavy (non-hydrogen) atoms. The molecule has 2 aromatic rings. The number of ketones is 1. The minimum Gasteiger partial charge on any atom is -0.491 e. The number of benzene rings is 1. The van der Waals surface area contributed by atoms with E-state index in [1.165, 1.54) is 17.4 Å². The van der Waals surface area contributed by atoms with Gasteiger partial charge in [0.25, 0.3) is 0 Å². The molecular weight excluding hydrogens is 410 g/mol. The standard InChI is InChI=1S/C21H27NO5S2/c1-15-6-8-28-21(15)12-22(18-7-9-29(25,26)14-18)11-19(24)13-27-20-5-3-4-17(10-20)16(2)23/h3-6,8,10,18-19,24H,7,9,11-14H2,1-2H3. The Kier molecular flexibility index (Phi) is 7.10. The second-order valence-corrected chi connectivity index (χ2v) is 10.8. The summed E-state index contributed by atoms with van der Waals surface area (Å²) < 4.78 is 29.6. The highest BCUT2D eigenvalue weighted by molar-refractivity contribution is 7.91. The first kappa shape index (κ1) is 22.0. The molecular formula is C21H27NO5S2. The Morgan fingerprint density at radius 1 is 1.38 bits per heavy atom. The molecule has 1 aliphatic rings. The lowest BCUT2D eigenvalue weighted by Gasteiger charge is -2.30. The Balaban J connectivity index is 1.64. The number of aliphatic hydroxyl groups excluding tert-OH is 1. The predicted octanol–water partition coefficient (Wildman–Crippen LogP) is 2.69. The van der Waals surface area contributed by atoms with Gasteiger partial charge in [0.2, 0.25) is 0 Å². The van der Waals surface area contributed by atoms with E-state index in [4.69, 9.17) is 4.74 Å². The predicted molar refractivity (Wildman–Crippen MR) is 114 cm³/mol. The monoisotopic (exact) mass is 437 g/mol. The Bertz CT molecular complexity index is 953. The summed E-state index contributed by atoms with van der Waals surface area (Å²) in [4.78, 5) is 14.7. The maximum Gasteiger partial charge on any atom is 0.159 e. The number of thiophene rings is 1. The van der Waals surface area contributed by atoms with Crippen LogP contribution in [0, 0.1) is 6.92 Å². The van der Waals surface area contributed by atoms with Gasteiger partial charge in [0.1, 0.15) is 18.5 Å². The summed E-state index contributed by atoms with van der Waals surface area (Å²) in [5.41, 5.74) is 1.73. The van der Waals surface area contributed by atoms with E-state index >= 15 is 0 Å². The van der Waals surface area contributed by atoms with Crippen LogP contribution < -0.4 is 4.74 Å². The van der Waals surface area contributed by atoms with E-state index in [0.29, 0.717) is 30.8 Å². The van der Waals surface area contributed by atoms with Crippen molar-refractivity contribution in [3.63, 3.8) is 0 Å². The van der Waals surface area contributed by atoms with E-state index in [2.05, 4.69) is 4.90 Å². The molecule has 3 rings (SSSR count). The lowest BCUT2D eigenvalue weighted by molar-refractivity contribution is 0.0528. The van der Waals surface area contributed by atoms with Crippen LogP contribution in [0.15, 0.2) is 35.7 Å². The number of hydrogen-bond acceptors (Lipinski definition) is 7. The molecule has 2 heterocycles. The quantitative estimate of drug-likeness (QED) is 0.607. The van der Waals surface area contributed by atoms with Gasteiger partial charge in [-0.15, -0.1) is 11.3 Å². The maximum absolute atomic E-state index is 12.0. The first-order chi connectivity index (χ1) is 13.7. The van der Waals surface area contributed by atoms with Gasteiger partial charge >= 0.3 is 0 Å². The molecule has 1 saturated heterocycles. The average Bonchev–Trinajstić information content (AvgIpc) is 3.24. The molecule has 2 atom stereocenters. The number of aryl methyl sites for hydroxylation is 1. The Morgan fingerprint density at radius 3 is 2.79 bits per heavy atom. The fourth-order valence-electron chi connectivity index (χ4n) is 3.48. The fourth-order valence-corrected chi connectivity index (χ4v) is 6.17. The van der Waals surface area contributed by atoms with E-state index < -0.39 is 15.9 Å². The summed E-state index contributed by atoms with van der Waals surface area (Å²) in [6.45, 7) is 4.54. The summed E-state index contributed by atoms with van der Waals surface area (Å²) >= 11 is 1.64. The van der Waals surface area contributed by atoms with Gasteiger partial charge in [-0.05, 0) is 49.4 Å². The highest BCUT2D eigenvalue weighted by Crippen LogP contribution is 2.24. The number of hydrogen-bond donors (Lipinski definition) is 1. The number of aliphatic hydroxyl groups is 1. The van der Waals surface area contributed by atoms with Crippen LogP contribution in [0.4, 0.5) is 0 Å². The first-order valence-electron chi connectivity index (χ1n) is 9.63. The van der Waals surface area contributed by atoms with Gasteiger partial charge in [0.05, 0.1) is 11.5 Å². The number of carbonyl (C=O) groups is 1. The molecule has 0 spiro atoms. The smallest absolute Gasteiger partial charge is 0.159 e. The number of Topliss-reactive ketones (excluding diaryl/α,β-unsaturated/α-hetero) is 1. The summed E-state index contributed by atoms with van der Waals surface area (Å²) in [5.74, 6) is 0.810. The number of nitrogens with zero attached hydrogens (tertiary/aromatic N) is 1. The van der Waals surface area contributed by atoms with Crippen LogP contribution in [0.1, 0.15) is 34.1 Å². The van der Waals surface area contributed by atoms with Gasteiger partial charge in [-0.3, -0.25) is 9.69 Å². The number of ether oxygens (including phenoxy) is 1. The molecule has 0 saturated carbocycles. The average molecular weight is 438 g/mol. The van der Waals surface area contributed by atoms with Gasteiger partial charge in [-0.2, -0.15) is 0 Å². The molecule has 1 aromatic carbocycles. The van der Waals surface area contributed by atoms with Crippen LogP contribution in [0.3, 0.4) is 0 Å². The van der Waals surface area contributed by atoms with E-state index in [1.807, 2.05) is 18.4 Å². The van der Waals surface area contributed by atoms with Crippen molar-refractivity contribution in [1.82, 2.24) is 4.90 Å². The third-order valence-corrected chi connectivity index (χ3v) is 7.93. The third-order valence-electron chi connectivity index (χ3n) is 5.17. The largest absolute Gasteiger partial charge is 0.491 e. The van der Waals surface area contributed by atoms with Crippen LogP contribution in [0.5, 0.6) is 5.75 Å². The van der Waals surface area contributed by atoms with Crippen molar-refractivity contribution in [2.45, 2.75) is 39.0 Å². The minimum atomic E-state index is -3.02. The normalized spacial score (nSPS) is 19.4. The zero-order valence-corrected chi connectivity index (χ0v) is 18.3. The molecule has 2 unspecified atom stereocenters. The first-order valence-corrected chi connectivity index (χ1v) is 12.3. The Hall–Kier alpha value is -1.74. The van der Waals surface area contributed by atoms with Crippen molar-refractivity contribution in [2.75, 3.05) is 24.7 Å². The van der Waals surface area contributed by atoms with Gasteiger partial charge in [-0.25, -0.2) is 8.42 Å². The molecule has 1 N–H and O–H groups in total. The topological polar surface area (TPSA) is 83.9 Å². The zero-order chi connectivity index (χ0) is 21.0. The second kappa shape index (κ2) is 9.38. The molecule has 1 aromatic heterocycles. The van der Waals surface area contributed by atoms with Crippen molar-refractivity contribution in [3.8, 4) is 5.75 Å². The summed E-state index contributed by atoms with van der Waals surface area (Å²) in [7, 11) is -3.02. The molecule has 8 heteroatoms. The number of rotatable bonds is 9. The van der Waals surface area contributed by atoms with E-state index in [0.717, 1.165) is 0 Å². The van der Waals surface area contributed by atoms with Gasteiger partial charge < -0.3 is 9.84 Å². The molecule has 1 aliphatic heterocycles. The lowest BCUT2D eigenvalue weighted by Crippen LogP contribution is -2.42. The van der Waals surface area contributed by atoms with Crippen LogP contribution in [-0.4, -0.2) is 61.0 Å². The molecule has 0 amide bonds. The van der Waals surface area contributed by atoms with Crippen LogP contribution >= 0.6 is 11.3 Å². The van der Waals surface area contributed by atoms with Crippen molar-refractivity contribution < 1.29 is 23.1 Å². The van der Waals surface area contributed by atoms with Crippen LogP contribution in [-0.2, 0) is 16.4 Å². The van der Waals surface area contributed by atoms with E-state index in [-0.39, 0.29) is 29.9 Å². The molecule has 1 fully saturated rings. The summed E-state index contributed by atoms with van der Waals surface area (Å²) in [5, 5.41) is 12.6. The van der Waals surface area contributed by atoms with E-state index in [1.54, 1.807) is 35.6 Å². The minimum absolute atomic E-state index is 0.0454. The van der Waals surface area contributed by atoms with Crippen LogP contribution in [0.2, 0.25) is 0 Å². The molecule has 158 valence electrons. The van der Waals surface area contributed by atoms with Gasteiger partial charge in [0, 0.05) is 29.6 Å². The second-order valence-electron chi connectivity index (χ2n) is 7.56. The molecule has 0 radical (unpaired) electrons. The van der Waals surface area contributed by atoms with Gasteiger partial charge in [-0.1, -0.05) is 12.1 Å². The van der Waals surface area contributed by atoms with Crippen molar-refractivity contribution in [3.05, 3.63) is 51.7 Å². The Labute approximate surface area is 176 Å². The number of carbonyl (C=O) groups excluding carboxylic acids is 1. The molecule has 0 aliphatic carbocycles. The molecule has 0 bridgehead atoms. The summed E-state index contributed by atoms with van der Waals surface area (Å²) in [6, 6.07) is 8.81. The lowest BCUT2D eigenvalue weighted by atomic mass is 10.1. The zero-order valence-electron chi connectivity index (χ0n) is 16.7. The maximum atomic E-state index is 12.0. The summed E-state index contributed by atoms with van der Waals surface area (Å²) in [6.07, 6.45) is -0.194. The number of sulfone groups is 1. The highest BCUT2D eigenvalue weighted by atomic mass is 32.2. The SMILES string of the molecule is CC(=O)c1cccc(OCC(O)CN(Cc2sccc2C)C2CCS(=O)(=O)C2)c1.